The van der Waals surface area contributed by atoms with Crippen molar-refractivity contribution in [3.05, 3.63) is 29.8 Å². The summed E-state index contributed by atoms with van der Waals surface area (Å²) in [4.78, 5) is 3.54. The van der Waals surface area contributed by atoms with E-state index in [0.29, 0.717) is 0 Å². The van der Waals surface area contributed by atoms with Crippen LogP contribution < -0.4 is 5.73 Å². The van der Waals surface area contributed by atoms with E-state index in [2.05, 4.69) is 4.98 Å². The molecular weight excluding hydrogens is 181 g/mol. The lowest BCUT2D eigenvalue weighted by Gasteiger charge is -2.12. The lowest BCUT2D eigenvalue weighted by atomic mass is 10.1. The van der Waals surface area contributed by atoms with Gasteiger partial charge in [0.25, 0.3) is 0 Å². The number of halogens is 3. The maximum absolute atomic E-state index is 12.4. The largest absolute Gasteiger partial charge is 0.330 e. The maximum Gasteiger partial charge on any atom is 0.248 e. The molecule has 1 atom stereocenters. The Morgan fingerprint density at radius 1 is 1.38 bits per heavy atom. The first kappa shape index (κ1) is 9.98. The molecule has 72 valence electrons. The molecule has 2 nitrogen and oxygen atoms in total. The van der Waals surface area contributed by atoms with Crippen molar-refractivity contribution < 1.29 is 13.2 Å². The number of hydrogen-bond acceptors (Lipinski definition) is 2. The molecule has 1 aromatic heterocycles. The van der Waals surface area contributed by atoms with E-state index in [4.69, 9.17) is 5.73 Å². The van der Waals surface area contributed by atoms with Crippen LogP contribution in [0.5, 0.6) is 0 Å². The van der Waals surface area contributed by atoms with Crippen LogP contribution in [0.25, 0.3) is 0 Å². The van der Waals surface area contributed by atoms with Gasteiger partial charge in [-0.05, 0) is 12.1 Å². The number of nitrogens with two attached hydrogens (primary N) is 1. The molecule has 13 heavy (non-hydrogen) atoms. The van der Waals surface area contributed by atoms with E-state index >= 15 is 0 Å². The minimum absolute atomic E-state index is 0.124. The number of nitrogens with zero attached hydrogens (tertiary/aromatic N) is 1. The van der Waals surface area contributed by atoms with Gasteiger partial charge in [0.2, 0.25) is 6.43 Å². The predicted molar refractivity (Wildman–Crippen MR) is 42.0 cm³/mol. The zero-order valence-electron chi connectivity index (χ0n) is 6.75. The molecule has 0 aliphatic carbocycles. The monoisotopic (exact) mass is 190 g/mol. The molecule has 0 saturated carbocycles. The summed E-state index contributed by atoms with van der Waals surface area (Å²) in [5, 5.41) is 0. The SMILES string of the molecule is NCC(c1ccc(F)cn1)C(F)F. The molecule has 0 aliphatic rings. The highest BCUT2D eigenvalue weighted by Gasteiger charge is 2.21. The lowest BCUT2D eigenvalue weighted by Crippen LogP contribution is -2.20. The number of pyridine rings is 1. The summed E-state index contributed by atoms with van der Waals surface area (Å²) in [5.74, 6) is -1.66. The van der Waals surface area contributed by atoms with Gasteiger partial charge >= 0.3 is 0 Å². The molecule has 1 rings (SSSR count). The van der Waals surface area contributed by atoms with Gasteiger partial charge in [-0.3, -0.25) is 4.98 Å². The van der Waals surface area contributed by atoms with Crippen LogP contribution in [0, 0.1) is 5.82 Å². The van der Waals surface area contributed by atoms with Gasteiger partial charge in [-0.15, -0.1) is 0 Å². The average molecular weight is 190 g/mol. The molecule has 1 heterocycles. The van der Waals surface area contributed by atoms with Gasteiger partial charge in [0.05, 0.1) is 17.8 Å². The maximum atomic E-state index is 12.4. The van der Waals surface area contributed by atoms with E-state index in [1.807, 2.05) is 0 Å². The van der Waals surface area contributed by atoms with Crippen LogP contribution in [0.2, 0.25) is 0 Å². The lowest BCUT2D eigenvalue weighted by molar-refractivity contribution is 0.115. The van der Waals surface area contributed by atoms with Crippen LogP contribution in [-0.2, 0) is 0 Å². The summed E-state index contributed by atoms with van der Waals surface area (Å²) in [7, 11) is 0. The number of hydrogen-bond donors (Lipinski definition) is 1. The van der Waals surface area contributed by atoms with Crippen LogP contribution in [-0.4, -0.2) is 18.0 Å². The predicted octanol–water partition coefficient (Wildman–Crippen LogP) is 1.53. The third-order valence-corrected chi connectivity index (χ3v) is 1.69. The minimum atomic E-state index is -2.57. The van der Waals surface area contributed by atoms with Gasteiger partial charge < -0.3 is 5.73 Å². The Hall–Kier alpha value is -1.10. The average Bonchev–Trinajstić information content (AvgIpc) is 2.09. The summed E-state index contributed by atoms with van der Waals surface area (Å²) >= 11 is 0. The molecule has 0 aliphatic heterocycles. The van der Waals surface area contributed by atoms with Gasteiger partial charge in [-0.2, -0.15) is 0 Å². The molecule has 1 aromatic rings. The van der Waals surface area contributed by atoms with Crippen molar-refractivity contribution in [2.24, 2.45) is 5.73 Å². The van der Waals surface area contributed by atoms with Gasteiger partial charge in [-0.25, -0.2) is 13.2 Å². The first-order chi connectivity index (χ1) is 6.15. The van der Waals surface area contributed by atoms with E-state index in [1.54, 1.807) is 0 Å². The number of alkyl halides is 2. The molecule has 0 amide bonds. The zero-order valence-corrected chi connectivity index (χ0v) is 6.75. The highest BCUT2D eigenvalue weighted by atomic mass is 19.3. The second kappa shape index (κ2) is 4.23. The summed E-state index contributed by atoms with van der Waals surface area (Å²) in [5.41, 5.74) is 5.25. The number of rotatable bonds is 3. The number of aromatic nitrogens is 1. The Morgan fingerprint density at radius 2 is 2.08 bits per heavy atom. The first-order valence-corrected chi connectivity index (χ1v) is 3.75. The quantitative estimate of drug-likeness (QED) is 0.784. The van der Waals surface area contributed by atoms with Crippen LogP contribution >= 0.6 is 0 Å². The third-order valence-electron chi connectivity index (χ3n) is 1.69. The van der Waals surface area contributed by atoms with Gasteiger partial charge in [0.1, 0.15) is 5.82 Å². The standard InChI is InChI=1S/C8H9F3N2/c9-5-1-2-7(13-4-5)6(3-12)8(10)11/h1-2,4,6,8H,3,12H2. The second-order valence-electron chi connectivity index (χ2n) is 2.58. The molecule has 1 unspecified atom stereocenters. The molecule has 0 bridgehead atoms. The Morgan fingerprint density at radius 3 is 2.46 bits per heavy atom. The topological polar surface area (TPSA) is 38.9 Å². The molecule has 0 fully saturated rings. The van der Waals surface area contributed by atoms with Crippen molar-refractivity contribution in [2.75, 3.05) is 6.54 Å². The van der Waals surface area contributed by atoms with E-state index in [1.165, 1.54) is 6.07 Å². The van der Waals surface area contributed by atoms with Crippen molar-refractivity contribution in [1.29, 1.82) is 0 Å². The third kappa shape index (κ3) is 2.42. The van der Waals surface area contributed by atoms with Gasteiger partial charge in [0, 0.05) is 6.54 Å². The van der Waals surface area contributed by atoms with E-state index in [-0.39, 0.29) is 12.2 Å². The molecule has 0 spiro atoms. The zero-order chi connectivity index (χ0) is 9.84. The van der Waals surface area contributed by atoms with Crippen LogP contribution in [0.4, 0.5) is 13.2 Å². The summed E-state index contributed by atoms with van der Waals surface area (Å²) < 4.78 is 36.9. The Kier molecular flexibility index (Phi) is 3.25. The fraction of sp³-hybridized carbons (Fsp3) is 0.375. The summed E-state index contributed by atoms with van der Waals surface area (Å²) in [6, 6.07) is 2.31. The van der Waals surface area contributed by atoms with Crippen molar-refractivity contribution in [3.8, 4) is 0 Å². The molecule has 2 N–H and O–H groups in total. The normalized spacial score (nSPS) is 13.3. The first-order valence-electron chi connectivity index (χ1n) is 3.75. The van der Waals surface area contributed by atoms with Crippen molar-refractivity contribution >= 4 is 0 Å². The Bertz CT molecular complexity index is 261. The molecule has 5 heteroatoms. The highest BCUT2D eigenvalue weighted by molar-refractivity contribution is 5.11. The van der Waals surface area contributed by atoms with Crippen molar-refractivity contribution in [1.82, 2.24) is 4.98 Å². The Balaban J connectivity index is 2.86. The van der Waals surface area contributed by atoms with E-state index < -0.39 is 18.2 Å². The minimum Gasteiger partial charge on any atom is -0.330 e. The molecular formula is C8H9F3N2. The van der Waals surface area contributed by atoms with E-state index in [9.17, 15) is 13.2 Å². The van der Waals surface area contributed by atoms with Crippen molar-refractivity contribution in [3.63, 3.8) is 0 Å². The van der Waals surface area contributed by atoms with Crippen LogP contribution in [0.3, 0.4) is 0 Å². The van der Waals surface area contributed by atoms with Gasteiger partial charge in [0.15, 0.2) is 0 Å². The summed E-state index contributed by atoms with van der Waals surface area (Å²) in [6.07, 6.45) is -1.66. The van der Waals surface area contributed by atoms with E-state index in [0.717, 1.165) is 12.3 Å². The van der Waals surface area contributed by atoms with Crippen LogP contribution in [0.15, 0.2) is 18.3 Å². The molecule has 0 saturated heterocycles. The van der Waals surface area contributed by atoms with Gasteiger partial charge in [-0.1, -0.05) is 0 Å². The van der Waals surface area contributed by atoms with Crippen molar-refractivity contribution in [2.45, 2.75) is 12.3 Å². The molecule has 0 aromatic carbocycles. The fourth-order valence-corrected chi connectivity index (χ4v) is 0.959. The smallest absolute Gasteiger partial charge is 0.248 e. The van der Waals surface area contributed by atoms with Crippen LogP contribution in [0.1, 0.15) is 11.6 Å². The fourth-order valence-electron chi connectivity index (χ4n) is 0.959. The second-order valence-corrected chi connectivity index (χ2v) is 2.58. The summed E-state index contributed by atoms with van der Waals surface area (Å²) in [6.45, 7) is -0.198. The highest BCUT2D eigenvalue weighted by Crippen LogP contribution is 2.19. The Labute approximate surface area is 73.6 Å². The molecule has 0 radical (unpaired) electrons.